The first kappa shape index (κ1) is 18.3. The van der Waals surface area contributed by atoms with Crippen molar-refractivity contribution >= 4 is 5.97 Å². The average molecular weight is 310 g/mol. The standard InChI is InChI=1S/C15H25F3O3/c1-5-13(2,3)12(19)21-11-8-6-10(7-9-11)14(4,20)15(16,17)18/h10-11,20H,5-9H2,1-4H3. The first-order valence-corrected chi connectivity index (χ1v) is 7.42. The number of ether oxygens (including phenoxy) is 1. The van der Waals surface area contributed by atoms with E-state index >= 15 is 0 Å². The minimum absolute atomic E-state index is 0.205. The molecule has 0 aromatic rings. The molecule has 1 saturated carbocycles. The summed E-state index contributed by atoms with van der Waals surface area (Å²) in [5, 5.41) is 9.68. The molecule has 21 heavy (non-hydrogen) atoms. The Hall–Kier alpha value is -0.780. The molecule has 0 radical (unpaired) electrons. The van der Waals surface area contributed by atoms with Crippen molar-refractivity contribution in [2.24, 2.45) is 11.3 Å². The van der Waals surface area contributed by atoms with E-state index in [2.05, 4.69) is 0 Å². The Bertz CT molecular complexity index is 367. The summed E-state index contributed by atoms with van der Waals surface area (Å²) < 4.78 is 43.8. The molecule has 1 rings (SSSR count). The topological polar surface area (TPSA) is 46.5 Å². The van der Waals surface area contributed by atoms with Gasteiger partial charge in [0.15, 0.2) is 5.60 Å². The second-order valence-electron chi connectivity index (χ2n) is 6.76. The Morgan fingerprint density at radius 1 is 1.14 bits per heavy atom. The molecular formula is C15H25F3O3. The zero-order valence-electron chi connectivity index (χ0n) is 13.1. The molecule has 0 amide bonds. The van der Waals surface area contributed by atoms with E-state index in [-0.39, 0.29) is 24.9 Å². The van der Waals surface area contributed by atoms with Gasteiger partial charge in [-0.1, -0.05) is 6.92 Å². The number of carbonyl (C=O) groups excluding carboxylic acids is 1. The quantitative estimate of drug-likeness (QED) is 0.803. The van der Waals surface area contributed by atoms with E-state index in [1.807, 2.05) is 6.92 Å². The fraction of sp³-hybridized carbons (Fsp3) is 0.933. The number of halogens is 3. The largest absolute Gasteiger partial charge is 0.462 e. The van der Waals surface area contributed by atoms with Crippen LogP contribution < -0.4 is 0 Å². The highest BCUT2D eigenvalue weighted by atomic mass is 19.4. The summed E-state index contributed by atoms with van der Waals surface area (Å²) in [5.41, 5.74) is -3.25. The van der Waals surface area contributed by atoms with Gasteiger partial charge in [0, 0.05) is 0 Å². The van der Waals surface area contributed by atoms with E-state index in [0.29, 0.717) is 19.3 Å². The van der Waals surface area contributed by atoms with E-state index in [1.165, 1.54) is 0 Å². The molecular weight excluding hydrogens is 285 g/mol. The van der Waals surface area contributed by atoms with Crippen molar-refractivity contribution in [3.8, 4) is 0 Å². The van der Waals surface area contributed by atoms with Gasteiger partial charge >= 0.3 is 12.1 Å². The highest BCUT2D eigenvalue weighted by Crippen LogP contribution is 2.43. The van der Waals surface area contributed by atoms with Gasteiger partial charge in [-0.25, -0.2) is 0 Å². The normalized spacial score (nSPS) is 27.0. The van der Waals surface area contributed by atoms with Crippen LogP contribution >= 0.6 is 0 Å². The first-order valence-electron chi connectivity index (χ1n) is 7.42. The molecule has 1 aliphatic carbocycles. The van der Waals surface area contributed by atoms with Gasteiger partial charge in [0.05, 0.1) is 5.41 Å². The number of aliphatic hydroxyl groups is 1. The Labute approximate surface area is 123 Å². The molecule has 0 spiro atoms. The molecule has 1 aliphatic rings. The van der Waals surface area contributed by atoms with Gasteiger partial charge in [-0.3, -0.25) is 4.79 Å². The monoisotopic (exact) mass is 310 g/mol. The lowest BCUT2D eigenvalue weighted by Gasteiger charge is -2.39. The predicted molar refractivity (Wildman–Crippen MR) is 72.6 cm³/mol. The van der Waals surface area contributed by atoms with Crippen molar-refractivity contribution < 1.29 is 27.8 Å². The van der Waals surface area contributed by atoms with E-state index in [0.717, 1.165) is 6.92 Å². The smallest absolute Gasteiger partial charge is 0.417 e. The second kappa shape index (κ2) is 6.15. The fourth-order valence-electron chi connectivity index (χ4n) is 2.43. The molecule has 0 saturated heterocycles. The van der Waals surface area contributed by atoms with Crippen molar-refractivity contribution in [3.05, 3.63) is 0 Å². The summed E-state index contributed by atoms with van der Waals surface area (Å²) in [7, 11) is 0. The van der Waals surface area contributed by atoms with Crippen LogP contribution in [0.25, 0.3) is 0 Å². The van der Waals surface area contributed by atoms with Gasteiger partial charge < -0.3 is 9.84 Å². The summed E-state index contributed by atoms with van der Waals surface area (Å²) >= 11 is 0. The minimum atomic E-state index is -4.63. The lowest BCUT2D eigenvalue weighted by Crippen LogP contribution is -2.50. The average Bonchev–Trinajstić information content (AvgIpc) is 2.38. The third kappa shape index (κ3) is 4.11. The van der Waals surface area contributed by atoms with Gasteiger partial charge in [-0.15, -0.1) is 0 Å². The Kier molecular flexibility index (Phi) is 5.35. The van der Waals surface area contributed by atoms with Crippen molar-refractivity contribution in [1.29, 1.82) is 0 Å². The number of hydrogen-bond donors (Lipinski definition) is 1. The van der Waals surface area contributed by atoms with Gasteiger partial charge in [-0.2, -0.15) is 13.2 Å². The predicted octanol–water partition coefficient (Wildman–Crippen LogP) is 3.84. The second-order valence-corrected chi connectivity index (χ2v) is 6.76. The van der Waals surface area contributed by atoms with Crippen LogP contribution in [0.3, 0.4) is 0 Å². The van der Waals surface area contributed by atoms with Crippen LogP contribution in [0.5, 0.6) is 0 Å². The molecule has 1 fully saturated rings. The molecule has 0 aromatic heterocycles. The number of rotatable bonds is 4. The molecule has 0 heterocycles. The maximum absolute atomic E-state index is 12.8. The maximum atomic E-state index is 12.8. The van der Waals surface area contributed by atoms with Crippen LogP contribution in [-0.2, 0) is 9.53 Å². The van der Waals surface area contributed by atoms with Gasteiger partial charge in [0.2, 0.25) is 0 Å². The van der Waals surface area contributed by atoms with E-state index in [1.54, 1.807) is 13.8 Å². The van der Waals surface area contributed by atoms with Gasteiger partial charge in [0.25, 0.3) is 0 Å². The van der Waals surface area contributed by atoms with Crippen LogP contribution in [0.2, 0.25) is 0 Å². The molecule has 124 valence electrons. The van der Waals surface area contributed by atoms with E-state index < -0.39 is 23.1 Å². The number of alkyl halides is 3. The summed E-state index contributed by atoms with van der Waals surface area (Å²) in [5.74, 6) is -1.15. The Morgan fingerprint density at radius 3 is 2.00 bits per heavy atom. The molecule has 1 unspecified atom stereocenters. The minimum Gasteiger partial charge on any atom is -0.462 e. The third-order valence-electron chi connectivity index (χ3n) is 4.75. The number of esters is 1. The van der Waals surface area contributed by atoms with Crippen molar-refractivity contribution in [1.82, 2.24) is 0 Å². The maximum Gasteiger partial charge on any atom is 0.417 e. The SMILES string of the molecule is CCC(C)(C)C(=O)OC1CCC(C(C)(O)C(F)(F)F)CC1. The van der Waals surface area contributed by atoms with E-state index in [9.17, 15) is 23.1 Å². The lowest BCUT2D eigenvalue weighted by atomic mass is 9.76. The molecule has 1 atom stereocenters. The summed E-state index contributed by atoms with van der Waals surface area (Å²) in [6, 6.07) is 0. The van der Waals surface area contributed by atoms with Gasteiger partial charge in [0.1, 0.15) is 6.10 Å². The fourth-order valence-corrected chi connectivity index (χ4v) is 2.43. The molecule has 0 aromatic carbocycles. The zero-order chi connectivity index (χ0) is 16.5. The third-order valence-corrected chi connectivity index (χ3v) is 4.75. The molecule has 1 N–H and O–H groups in total. The van der Waals surface area contributed by atoms with Crippen LogP contribution in [0.15, 0.2) is 0 Å². The highest BCUT2D eigenvalue weighted by molar-refractivity contribution is 5.75. The van der Waals surface area contributed by atoms with Crippen LogP contribution in [-0.4, -0.2) is 29.0 Å². The summed E-state index contributed by atoms with van der Waals surface area (Å²) in [6.45, 7) is 6.29. The number of carbonyl (C=O) groups is 1. The summed E-state index contributed by atoms with van der Waals surface area (Å²) in [4.78, 5) is 12.0. The van der Waals surface area contributed by atoms with Crippen molar-refractivity contribution in [2.45, 2.75) is 77.7 Å². The first-order chi connectivity index (χ1) is 9.41. The van der Waals surface area contributed by atoms with Crippen LogP contribution in [0.1, 0.15) is 59.8 Å². The Balaban J connectivity index is 2.56. The van der Waals surface area contributed by atoms with Gasteiger partial charge in [-0.05, 0) is 58.8 Å². The molecule has 0 aliphatic heterocycles. The molecule has 3 nitrogen and oxygen atoms in total. The lowest BCUT2D eigenvalue weighted by molar-refractivity contribution is -0.276. The van der Waals surface area contributed by atoms with Crippen molar-refractivity contribution in [2.75, 3.05) is 0 Å². The number of hydrogen-bond acceptors (Lipinski definition) is 3. The molecule has 6 heteroatoms. The Morgan fingerprint density at radius 2 is 1.62 bits per heavy atom. The zero-order valence-corrected chi connectivity index (χ0v) is 13.1. The van der Waals surface area contributed by atoms with Crippen LogP contribution in [0.4, 0.5) is 13.2 Å². The van der Waals surface area contributed by atoms with Crippen molar-refractivity contribution in [3.63, 3.8) is 0 Å². The molecule has 0 bridgehead atoms. The van der Waals surface area contributed by atoms with E-state index in [4.69, 9.17) is 4.74 Å². The van der Waals surface area contributed by atoms with Crippen LogP contribution in [0, 0.1) is 11.3 Å². The summed E-state index contributed by atoms with van der Waals surface area (Å²) in [6.07, 6.45) is -3.20. The highest BCUT2D eigenvalue weighted by Gasteiger charge is 2.55.